The second-order valence-corrected chi connectivity index (χ2v) is 9.25. The molecular formula is C28H37N3O4. The van der Waals surface area contributed by atoms with Gasteiger partial charge in [-0.05, 0) is 56.2 Å². The molecule has 1 aliphatic carbocycles. The fourth-order valence-electron chi connectivity index (χ4n) is 4.54. The van der Waals surface area contributed by atoms with E-state index in [1.54, 1.807) is 31.4 Å². The molecule has 7 nitrogen and oxygen atoms in total. The fourth-order valence-corrected chi connectivity index (χ4v) is 4.54. The normalized spacial score (nSPS) is 18.5. The summed E-state index contributed by atoms with van der Waals surface area (Å²) >= 11 is 0. The van der Waals surface area contributed by atoms with Gasteiger partial charge in [0, 0.05) is 43.7 Å². The first-order valence-corrected chi connectivity index (χ1v) is 12.5. The molecule has 0 aliphatic heterocycles. The van der Waals surface area contributed by atoms with E-state index in [1.165, 1.54) is 0 Å². The van der Waals surface area contributed by atoms with Gasteiger partial charge in [-0.1, -0.05) is 48.5 Å². The van der Waals surface area contributed by atoms with Gasteiger partial charge in [-0.2, -0.15) is 0 Å². The Balaban J connectivity index is 1.70. The van der Waals surface area contributed by atoms with Gasteiger partial charge in [-0.25, -0.2) is 0 Å². The molecule has 2 aromatic carbocycles. The Bertz CT molecular complexity index is 971. The molecule has 188 valence electrons. The number of ether oxygens (including phenoxy) is 1. The molecule has 0 unspecified atom stereocenters. The van der Waals surface area contributed by atoms with Crippen LogP contribution in [-0.4, -0.2) is 50.4 Å². The van der Waals surface area contributed by atoms with E-state index in [2.05, 4.69) is 10.6 Å². The van der Waals surface area contributed by atoms with Crippen molar-refractivity contribution in [3.8, 4) is 0 Å². The summed E-state index contributed by atoms with van der Waals surface area (Å²) in [6, 6.07) is 15.6. The minimum atomic E-state index is -0.723. The Hall–Kier alpha value is -3.03. The van der Waals surface area contributed by atoms with E-state index in [0.29, 0.717) is 49.6 Å². The van der Waals surface area contributed by atoms with Crippen LogP contribution in [0.4, 0.5) is 0 Å². The molecule has 4 N–H and O–H groups in total. The van der Waals surface area contributed by atoms with Gasteiger partial charge < -0.3 is 21.1 Å². The van der Waals surface area contributed by atoms with Crippen LogP contribution in [0.3, 0.4) is 0 Å². The van der Waals surface area contributed by atoms with Crippen molar-refractivity contribution in [1.82, 2.24) is 10.6 Å². The average Bonchev–Trinajstić information content (AvgIpc) is 2.90. The number of hydrogen-bond donors (Lipinski definition) is 3. The SMILES string of the molecule is COCCCNC(=O)[C@H](Cc1cccc(C(=O)c2ccccc2)c1)NC(=O)C1CCC(CN)CC1. The molecule has 0 bridgehead atoms. The van der Waals surface area contributed by atoms with Crippen LogP contribution in [0.15, 0.2) is 54.6 Å². The average molecular weight is 480 g/mol. The summed E-state index contributed by atoms with van der Waals surface area (Å²) in [5, 5.41) is 5.90. The summed E-state index contributed by atoms with van der Waals surface area (Å²) in [4.78, 5) is 38.9. The highest BCUT2D eigenvalue weighted by Gasteiger charge is 2.29. The van der Waals surface area contributed by atoms with E-state index in [9.17, 15) is 14.4 Å². The third-order valence-electron chi connectivity index (χ3n) is 6.67. The van der Waals surface area contributed by atoms with Crippen molar-refractivity contribution in [2.75, 3.05) is 26.8 Å². The highest BCUT2D eigenvalue weighted by molar-refractivity contribution is 6.09. The topological polar surface area (TPSA) is 111 Å². The minimum Gasteiger partial charge on any atom is -0.385 e. The summed E-state index contributed by atoms with van der Waals surface area (Å²) in [6.07, 6.45) is 4.44. The Morgan fingerprint density at radius 1 is 1.00 bits per heavy atom. The first-order chi connectivity index (χ1) is 17.0. The number of nitrogens with one attached hydrogen (secondary N) is 2. The Labute approximate surface area is 207 Å². The zero-order valence-electron chi connectivity index (χ0n) is 20.5. The number of methoxy groups -OCH3 is 1. The number of nitrogens with two attached hydrogens (primary N) is 1. The molecule has 35 heavy (non-hydrogen) atoms. The third-order valence-corrected chi connectivity index (χ3v) is 6.67. The number of ketones is 1. The maximum atomic E-state index is 13.0. The first-order valence-electron chi connectivity index (χ1n) is 12.5. The Morgan fingerprint density at radius 2 is 1.71 bits per heavy atom. The number of carbonyl (C=O) groups is 3. The molecule has 1 atom stereocenters. The van der Waals surface area contributed by atoms with Crippen molar-refractivity contribution in [2.45, 2.75) is 44.6 Å². The van der Waals surface area contributed by atoms with Crippen molar-refractivity contribution in [3.63, 3.8) is 0 Å². The van der Waals surface area contributed by atoms with Crippen LogP contribution in [0.2, 0.25) is 0 Å². The Kier molecular flexibility index (Phi) is 10.4. The van der Waals surface area contributed by atoms with Crippen LogP contribution in [0.1, 0.15) is 53.6 Å². The molecule has 3 rings (SSSR count). The molecule has 2 amide bonds. The van der Waals surface area contributed by atoms with Crippen LogP contribution < -0.4 is 16.4 Å². The van der Waals surface area contributed by atoms with E-state index in [-0.39, 0.29) is 23.5 Å². The number of carbonyl (C=O) groups excluding carboxylic acids is 3. The third kappa shape index (κ3) is 8.01. The van der Waals surface area contributed by atoms with Gasteiger partial charge in [-0.15, -0.1) is 0 Å². The standard InChI is InChI=1S/C28H37N3O4/c1-35-16-6-15-30-28(34)25(31-27(33)23-13-11-20(19-29)12-14-23)18-21-7-5-10-24(17-21)26(32)22-8-3-2-4-9-22/h2-5,7-10,17,20,23,25H,6,11-16,18-19,29H2,1H3,(H,30,34)(H,31,33)/t20?,23?,25-/m0/s1. The van der Waals surface area contributed by atoms with Gasteiger partial charge in [0.25, 0.3) is 0 Å². The summed E-state index contributed by atoms with van der Waals surface area (Å²) in [7, 11) is 1.62. The zero-order chi connectivity index (χ0) is 25.0. The second-order valence-electron chi connectivity index (χ2n) is 9.25. The quantitative estimate of drug-likeness (QED) is 0.320. The van der Waals surface area contributed by atoms with Crippen LogP contribution in [0.25, 0.3) is 0 Å². The number of amides is 2. The predicted molar refractivity (Wildman–Crippen MR) is 136 cm³/mol. The molecule has 2 aromatic rings. The lowest BCUT2D eigenvalue weighted by atomic mass is 9.81. The maximum absolute atomic E-state index is 13.0. The molecule has 1 fully saturated rings. The molecule has 0 aromatic heterocycles. The van der Waals surface area contributed by atoms with Crippen LogP contribution in [-0.2, 0) is 20.7 Å². The van der Waals surface area contributed by atoms with E-state index < -0.39 is 6.04 Å². The molecule has 0 spiro atoms. The van der Waals surface area contributed by atoms with E-state index in [4.69, 9.17) is 10.5 Å². The fraction of sp³-hybridized carbons (Fsp3) is 0.464. The van der Waals surface area contributed by atoms with E-state index in [0.717, 1.165) is 31.2 Å². The summed E-state index contributed by atoms with van der Waals surface area (Å²) in [5.74, 6) is -0.0240. The summed E-state index contributed by atoms with van der Waals surface area (Å²) < 4.78 is 5.05. The molecule has 1 aliphatic rings. The first kappa shape index (κ1) is 26.6. The van der Waals surface area contributed by atoms with Gasteiger partial charge in [0.05, 0.1) is 0 Å². The minimum absolute atomic E-state index is 0.0753. The van der Waals surface area contributed by atoms with Crippen LogP contribution in [0.5, 0.6) is 0 Å². The lowest BCUT2D eigenvalue weighted by molar-refractivity contribution is -0.131. The predicted octanol–water partition coefficient (Wildman–Crippen LogP) is 2.86. The Morgan fingerprint density at radius 3 is 2.40 bits per heavy atom. The highest BCUT2D eigenvalue weighted by Crippen LogP contribution is 2.28. The van der Waals surface area contributed by atoms with Crippen LogP contribution >= 0.6 is 0 Å². The number of rotatable bonds is 12. The monoisotopic (exact) mass is 479 g/mol. The summed E-state index contributed by atoms with van der Waals surface area (Å²) in [5.41, 5.74) is 7.76. The van der Waals surface area contributed by atoms with E-state index >= 15 is 0 Å². The maximum Gasteiger partial charge on any atom is 0.242 e. The largest absolute Gasteiger partial charge is 0.385 e. The number of hydrogen-bond acceptors (Lipinski definition) is 5. The van der Waals surface area contributed by atoms with E-state index in [1.807, 2.05) is 30.3 Å². The number of benzene rings is 2. The molecule has 0 heterocycles. The lowest BCUT2D eigenvalue weighted by Gasteiger charge is -2.28. The van der Waals surface area contributed by atoms with Gasteiger partial charge >= 0.3 is 0 Å². The van der Waals surface area contributed by atoms with Gasteiger partial charge in [0.1, 0.15) is 6.04 Å². The molecule has 1 saturated carbocycles. The van der Waals surface area contributed by atoms with Crippen molar-refractivity contribution in [2.24, 2.45) is 17.6 Å². The second kappa shape index (κ2) is 13.8. The molecule has 7 heteroatoms. The molecular weight excluding hydrogens is 442 g/mol. The van der Waals surface area contributed by atoms with Crippen molar-refractivity contribution < 1.29 is 19.1 Å². The van der Waals surface area contributed by atoms with Crippen molar-refractivity contribution in [1.29, 1.82) is 0 Å². The van der Waals surface area contributed by atoms with Crippen molar-refractivity contribution in [3.05, 3.63) is 71.3 Å². The molecule has 0 saturated heterocycles. The zero-order valence-corrected chi connectivity index (χ0v) is 20.5. The summed E-state index contributed by atoms with van der Waals surface area (Å²) in [6.45, 7) is 1.66. The smallest absolute Gasteiger partial charge is 0.242 e. The van der Waals surface area contributed by atoms with Gasteiger partial charge in [-0.3, -0.25) is 14.4 Å². The van der Waals surface area contributed by atoms with Gasteiger partial charge in [0.2, 0.25) is 11.8 Å². The molecule has 0 radical (unpaired) electrons. The van der Waals surface area contributed by atoms with Crippen molar-refractivity contribution >= 4 is 17.6 Å². The lowest BCUT2D eigenvalue weighted by Crippen LogP contribution is -2.50. The van der Waals surface area contributed by atoms with Crippen LogP contribution in [0, 0.1) is 11.8 Å². The van der Waals surface area contributed by atoms with Gasteiger partial charge in [0.15, 0.2) is 5.78 Å². The highest BCUT2D eigenvalue weighted by atomic mass is 16.5.